The number of halogens is 1. The number of rotatable bonds is 8. The summed E-state index contributed by atoms with van der Waals surface area (Å²) < 4.78 is 32.3. The van der Waals surface area contributed by atoms with Crippen LogP contribution in [0.1, 0.15) is 5.56 Å². The molecule has 0 aromatic heterocycles. The molecule has 0 aliphatic heterocycles. The van der Waals surface area contributed by atoms with E-state index in [9.17, 15) is 13.2 Å². The number of thioether (sulfide) groups is 1. The number of methoxy groups -OCH3 is 1. The molecule has 0 unspecified atom stereocenters. The van der Waals surface area contributed by atoms with E-state index < -0.39 is 10.0 Å². The van der Waals surface area contributed by atoms with Gasteiger partial charge in [0.1, 0.15) is 0 Å². The Morgan fingerprint density at radius 3 is 2.36 bits per heavy atom. The first-order valence-electron chi connectivity index (χ1n) is 7.44. The zero-order valence-electron chi connectivity index (χ0n) is 13.6. The minimum atomic E-state index is -3.49. The van der Waals surface area contributed by atoms with Gasteiger partial charge in [0.25, 0.3) is 0 Å². The van der Waals surface area contributed by atoms with Crippen molar-refractivity contribution < 1.29 is 17.9 Å². The maximum absolute atomic E-state index is 12.2. The molecule has 2 aromatic carbocycles. The largest absolute Gasteiger partial charge is 0.469 e. The van der Waals surface area contributed by atoms with E-state index in [-0.39, 0.29) is 17.3 Å². The van der Waals surface area contributed by atoms with Crippen molar-refractivity contribution in [2.24, 2.45) is 0 Å². The molecular formula is C17H18BrNO4S2. The quantitative estimate of drug-likeness (QED) is 0.385. The van der Waals surface area contributed by atoms with Crippen molar-refractivity contribution in [3.63, 3.8) is 0 Å². The van der Waals surface area contributed by atoms with Crippen LogP contribution < -0.4 is 4.72 Å². The standard InChI is InChI=1S/C17H18BrNO4S2/c1-23-17(20)12-13-2-6-15(7-3-13)24-11-10-19-25(21,22)16-8-4-14(18)5-9-16/h2-9,19H,10-12H2,1H3. The van der Waals surface area contributed by atoms with Crippen molar-refractivity contribution >= 4 is 43.7 Å². The molecule has 134 valence electrons. The summed E-state index contributed by atoms with van der Waals surface area (Å²) in [7, 11) is -2.13. The van der Waals surface area contributed by atoms with Crippen LogP contribution in [0.3, 0.4) is 0 Å². The van der Waals surface area contributed by atoms with Crippen LogP contribution in [0.25, 0.3) is 0 Å². The summed E-state index contributed by atoms with van der Waals surface area (Å²) in [5, 5.41) is 0. The number of ether oxygens (including phenoxy) is 1. The predicted molar refractivity (Wildman–Crippen MR) is 102 cm³/mol. The molecule has 2 rings (SSSR count). The molecule has 0 radical (unpaired) electrons. The molecule has 8 heteroatoms. The highest BCUT2D eigenvalue weighted by molar-refractivity contribution is 9.10. The third-order valence-electron chi connectivity index (χ3n) is 3.29. The fourth-order valence-electron chi connectivity index (χ4n) is 1.98. The van der Waals surface area contributed by atoms with Crippen molar-refractivity contribution in [2.45, 2.75) is 16.2 Å². The summed E-state index contributed by atoms with van der Waals surface area (Å²) in [6.07, 6.45) is 0.244. The number of sulfonamides is 1. The van der Waals surface area contributed by atoms with E-state index in [1.807, 2.05) is 24.3 Å². The lowest BCUT2D eigenvalue weighted by Gasteiger charge is -2.07. The lowest BCUT2D eigenvalue weighted by atomic mass is 10.2. The maximum Gasteiger partial charge on any atom is 0.309 e. The van der Waals surface area contributed by atoms with Gasteiger partial charge in [0.15, 0.2) is 0 Å². The van der Waals surface area contributed by atoms with Crippen LogP contribution in [0.2, 0.25) is 0 Å². The smallest absolute Gasteiger partial charge is 0.309 e. The second-order valence-corrected chi connectivity index (χ2v) is 8.95. The molecule has 0 saturated heterocycles. The van der Waals surface area contributed by atoms with Gasteiger partial charge in [0.05, 0.1) is 18.4 Å². The van der Waals surface area contributed by atoms with E-state index in [0.717, 1.165) is 14.9 Å². The van der Waals surface area contributed by atoms with Crippen LogP contribution >= 0.6 is 27.7 Å². The second kappa shape index (κ2) is 9.38. The van der Waals surface area contributed by atoms with Gasteiger partial charge in [-0.15, -0.1) is 11.8 Å². The molecule has 0 spiro atoms. The van der Waals surface area contributed by atoms with Crippen LogP contribution in [0.15, 0.2) is 62.8 Å². The molecule has 2 aromatic rings. The first-order valence-corrected chi connectivity index (χ1v) is 10.7. The first-order chi connectivity index (χ1) is 11.9. The molecule has 0 aliphatic rings. The SMILES string of the molecule is COC(=O)Cc1ccc(SCCNS(=O)(=O)c2ccc(Br)cc2)cc1. The van der Waals surface area contributed by atoms with Gasteiger partial charge in [-0.3, -0.25) is 4.79 Å². The van der Waals surface area contributed by atoms with Crippen molar-refractivity contribution in [1.29, 1.82) is 0 Å². The van der Waals surface area contributed by atoms with E-state index in [1.54, 1.807) is 36.0 Å². The van der Waals surface area contributed by atoms with Crippen molar-refractivity contribution in [3.05, 3.63) is 58.6 Å². The number of hydrogen-bond acceptors (Lipinski definition) is 5. The third-order valence-corrected chi connectivity index (χ3v) is 6.31. The molecule has 0 heterocycles. The summed E-state index contributed by atoms with van der Waals surface area (Å²) in [6.45, 7) is 0.326. The second-order valence-electron chi connectivity index (χ2n) is 5.10. The van der Waals surface area contributed by atoms with E-state index in [2.05, 4.69) is 25.4 Å². The molecule has 0 bridgehead atoms. The molecular weight excluding hydrogens is 426 g/mol. The molecule has 1 N–H and O–H groups in total. The summed E-state index contributed by atoms with van der Waals surface area (Å²) in [6, 6.07) is 14.0. The fourth-order valence-corrected chi connectivity index (χ4v) is 4.18. The Bertz CT molecular complexity index is 806. The van der Waals surface area contributed by atoms with Gasteiger partial charge in [-0.25, -0.2) is 13.1 Å². The minimum Gasteiger partial charge on any atom is -0.469 e. The van der Waals surface area contributed by atoms with Crippen LogP contribution in [0.4, 0.5) is 0 Å². The Hall–Kier alpha value is -1.35. The number of carbonyl (C=O) groups is 1. The van der Waals surface area contributed by atoms with Gasteiger partial charge in [-0.05, 0) is 42.0 Å². The zero-order chi connectivity index (χ0) is 18.3. The number of nitrogens with one attached hydrogen (secondary N) is 1. The van der Waals surface area contributed by atoms with Gasteiger partial charge in [0, 0.05) is 21.7 Å². The summed E-state index contributed by atoms with van der Waals surface area (Å²) in [5.74, 6) is 0.328. The normalized spacial score (nSPS) is 11.3. The summed E-state index contributed by atoms with van der Waals surface area (Å²) in [4.78, 5) is 12.5. The highest BCUT2D eigenvalue weighted by Crippen LogP contribution is 2.19. The Labute approximate surface area is 160 Å². The molecule has 25 heavy (non-hydrogen) atoms. The lowest BCUT2D eigenvalue weighted by Crippen LogP contribution is -2.25. The van der Waals surface area contributed by atoms with Crippen LogP contribution in [0, 0.1) is 0 Å². The molecule has 0 fully saturated rings. The van der Waals surface area contributed by atoms with Gasteiger partial charge >= 0.3 is 5.97 Å². The topological polar surface area (TPSA) is 72.5 Å². The van der Waals surface area contributed by atoms with Crippen LogP contribution in [-0.2, 0) is 26.0 Å². The Balaban J connectivity index is 1.80. The Morgan fingerprint density at radius 2 is 1.76 bits per heavy atom. The molecule has 0 aliphatic carbocycles. The van der Waals surface area contributed by atoms with Gasteiger partial charge < -0.3 is 4.74 Å². The van der Waals surface area contributed by atoms with Crippen molar-refractivity contribution in [3.8, 4) is 0 Å². The summed E-state index contributed by atoms with van der Waals surface area (Å²) in [5.41, 5.74) is 0.882. The molecule has 0 atom stereocenters. The van der Waals surface area contributed by atoms with Crippen molar-refractivity contribution in [1.82, 2.24) is 4.72 Å². The van der Waals surface area contributed by atoms with Gasteiger partial charge in [-0.2, -0.15) is 0 Å². The predicted octanol–water partition coefficient (Wildman–Crippen LogP) is 3.24. The molecule has 0 amide bonds. The summed E-state index contributed by atoms with van der Waals surface area (Å²) >= 11 is 4.82. The number of hydrogen-bond donors (Lipinski definition) is 1. The Kier molecular flexibility index (Phi) is 7.49. The van der Waals surface area contributed by atoms with Gasteiger partial charge in [0.2, 0.25) is 10.0 Å². The number of carbonyl (C=O) groups excluding carboxylic acids is 1. The third kappa shape index (κ3) is 6.47. The van der Waals surface area contributed by atoms with Crippen LogP contribution in [-0.4, -0.2) is 33.8 Å². The monoisotopic (exact) mass is 443 g/mol. The Morgan fingerprint density at radius 1 is 1.12 bits per heavy atom. The van der Waals surface area contributed by atoms with E-state index >= 15 is 0 Å². The van der Waals surface area contributed by atoms with Crippen LogP contribution in [0.5, 0.6) is 0 Å². The van der Waals surface area contributed by atoms with Crippen molar-refractivity contribution in [2.75, 3.05) is 19.4 Å². The first kappa shape index (κ1) is 20.0. The van der Waals surface area contributed by atoms with E-state index in [4.69, 9.17) is 0 Å². The average Bonchev–Trinajstić information content (AvgIpc) is 2.60. The minimum absolute atomic E-state index is 0.243. The highest BCUT2D eigenvalue weighted by atomic mass is 79.9. The molecule has 5 nitrogen and oxygen atoms in total. The number of benzene rings is 2. The average molecular weight is 444 g/mol. The zero-order valence-corrected chi connectivity index (χ0v) is 16.8. The molecule has 0 saturated carbocycles. The number of esters is 1. The van der Waals surface area contributed by atoms with Gasteiger partial charge in [-0.1, -0.05) is 28.1 Å². The highest BCUT2D eigenvalue weighted by Gasteiger charge is 2.12. The lowest BCUT2D eigenvalue weighted by molar-refractivity contribution is -0.139. The van der Waals surface area contributed by atoms with E-state index in [1.165, 1.54) is 7.11 Å². The maximum atomic E-state index is 12.2. The fraction of sp³-hybridized carbons (Fsp3) is 0.235. The van der Waals surface area contributed by atoms with E-state index in [0.29, 0.717) is 12.3 Å².